The number of primary amides is 1. The molecule has 0 atom stereocenters. The van der Waals surface area contributed by atoms with Crippen molar-refractivity contribution in [3.05, 3.63) is 41.0 Å². The molecule has 2 aliphatic rings. The summed E-state index contributed by atoms with van der Waals surface area (Å²) in [5.41, 5.74) is 7.20. The van der Waals surface area contributed by atoms with Gasteiger partial charge in [0.2, 0.25) is 5.91 Å². The van der Waals surface area contributed by atoms with Gasteiger partial charge in [-0.15, -0.1) is 21.5 Å². The van der Waals surface area contributed by atoms with Crippen molar-refractivity contribution < 1.29 is 19.1 Å². The van der Waals surface area contributed by atoms with Crippen LogP contribution in [0.3, 0.4) is 0 Å². The smallest absolute Gasteiger partial charge is 0.271 e. The van der Waals surface area contributed by atoms with Gasteiger partial charge in [-0.2, -0.15) is 0 Å². The molecule has 1 saturated heterocycles. The minimum absolute atomic E-state index is 0.00207. The number of carbonyl (C=O) groups is 2. The van der Waals surface area contributed by atoms with E-state index >= 15 is 0 Å². The van der Waals surface area contributed by atoms with Crippen LogP contribution in [0.4, 0.5) is 17.2 Å². The highest BCUT2D eigenvalue weighted by molar-refractivity contribution is 7.15. The van der Waals surface area contributed by atoms with E-state index in [1.807, 2.05) is 24.4 Å². The number of anilines is 3. The van der Waals surface area contributed by atoms with Crippen molar-refractivity contribution >= 4 is 40.3 Å². The highest BCUT2D eigenvalue weighted by atomic mass is 32.1. The topological polar surface area (TPSA) is 145 Å². The lowest BCUT2D eigenvalue weighted by atomic mass is 10.1. The summed E-state index contributed by atoms with van der Waals surface area (Å²) in [5, 5.41) is 14.6. The fourth-order valence-electron chi connectivity index (χ4n) is 3.96. The molecule has 0 spiro atoms. The number of benzene rings is 1. The maximum Gasteiger partial charge on any atom is 0.271 e. The third kappa shape index (κ3) is 5.45. The Bertz CT molecular complexity index is 1270. The molecular formula is C24H27N7O4S. The van der Waals surface area contributed by atoms with Crippen molar-refractivity contribution in [1.29, 1.82) is 0 Å². The normalized spacial score (nSPS) is 15.9. The summed E-state index contributed by atoms with van der Waals surface area (Å²) in [6.45, 7) is 4.12. The van der Waals surface area contributed by atoms with Crippen molar-refractivity contribution in [3.63, 3.8) is 0 Å². The number of thiazole rings is 1. The average molecular weight is 510 g/mol. The van der Waals surface area contributed by atoms with Gasteiger partial charge in [-0.05, 0) is 25.0 Å². The number of nitrogens with two attached hydrogens (primary N) is 1. The van der Waals surface area contributed by atoms with Crippen molar-refractivity contribution in [2.24, 2.45) is 11.7 Å². The quantitative estimate of drug-likeness (QED) is 0.396. The second-order valence-corrected chi connectivity index (χ2v) is 9.77. The van der Waals surface area contributed by atoms with Gasteiger partial charge in [0, 0.05) is 42.7 Å². The van der Waals surface area contributed by atoms with Gasteiger partial charge >= 0.3 is 0 Å². The van der Waals surface area contributed by atoms with Crippen molar-refractivity contribution in [2.75, 3.05) is 44.0 Å². The predicted octanol–water partition coefficient (Wildman–Crippen LogP) is 2.63. The molecule has 1 saturated carbocycles. The molecule has 3 heterocycles. The number of ether oxygens (including phenoxy) is 2. The molecule has 0 radical (unpaired) electrons. The van der Waals surface area contributed by atoms with Crippen molar-refractivity contribution in [3.8, 4) is 16.3 Å². The van der Waals surface area contributed by atoms with Gasteiger partial charge in [0.25, 0.3) is 5.91 Å². The number of nitrogens with one attached hydrogen (secondary N) is 2. The van der Waals surface area contributed by atoms with E-state index in [0.29, 0.717) is 17.1 Å². The Hall–Kier alpha value is -3.61. The molecule has 188 valence electrons. The van der Waals surface area contributed by atoms with Crippen LogP contribution < -0.4 is 21.1 Å². The Balaban J connectivity index is 1.41. The Morgan fingerprint density at radius 2 is 2.03 bits per heavy atom. The minimum Gasteiger partial charge on any atom is -0.494 e. The number of rotatable bonds is 9. The summed E-state index contributed by atoms with van der Waals surface area (Å²) in [7, 11) is 1.58. The predicted molar refractivity (Wildman–Crippen MR) is 135 cm³/mol. The van der Waals surface area contributed by atoms with Crippen LogP contribution in [0.1, 0.15) is 28.2 Å². The SMILES string of the molecule is COc1c(Nc2cc(NC(=O)C3CC3)nnc2C(N)=O)cccc1-c1ncc(CN2CCOCC2)s1. The number of hydrogen-bond acceptors (Lipinski definition) is 10. The van der Waals surface area contributed by atoms with E-state index in [2.05, 4.69) is 30.7 Å². The molecule has 0 unspecified atom stereocenters. The van der Waals surface area contributed by atoms with Gasteiger partial charge in [-0.25, -0.2) is 4.98 Å². The fraction of sp³-hybridized carbons (Fsp3) is 0.375. The Morgan fingerprint density at radius 3 is 2.75 bits per heavy atom. The molecule has 2 aromatic heterocycles. The Morgan fingerprint density at radius 1 is 1.22 bits per heavy atom. The lowest BCUT2D eigenvalue weighted by molar-refractivity contribution is -0.117. The van der Waals surface area contributed by atoms with Crippen LogP contribution in [0.25, 0.3) is 10.6 Å². The first-order valence-corrected chi connectivity index (χ1v) is 12.5. The van der Waals surface area contributed by atoms with Gasteiger partial charge in [0.15, 0.2) is 17.3 Å². The van der Waals surface area contributed by atoms with Crippen LogP contribution >= 0.6 is 11.3 Å². The molecule has 11 nitrogen and oxygen atoms in total. The number of carbonyl (C=O) groups excluding carboxylic acids is 2. The third-order valence-electron chi connectivity index (χ3n) is 5.98. The molecule has 1 aromatic carbocycles. The van der Waals surface area contributed by atoms with Crippen molar-refractivity contribution in [1.82, 2.24) is 20.1 Å². The lowest BCUT2D eigenvalue weighted by Gasteiger charge is -2.25. The molecule has 4 N–H and O–H groups in total. The highest BCUT2D eigenvalue weighted by Gasteiger charge is 2.30. The Kier molecular flexibility index (Phi) is 7.07. The molecular weight excluding hydrogens is 482 g/mol. The maximum absolute atomic E-state index is 12.2. The first-order valence-electron chi connectivity index (χ1n) is 11.7. The summed E-state index contributed by atoms with van der Waals surface area (Å²) in [4.78, 5) is 32.3. The molecule has 12 heteroatoms. The molecule has 0 bridgehead atoms. The highest BCUT2D eigenvalue weighted by Crippen LogP contribution is 2.40. The monoisotopic (exact) mass is 509 g/mol. The van der Waals surface area contributed by atoms with E-state index in [0.717, 1.165) is 61.1 Å². The summed E-state index contributed by atoms with van der Waals surface area (Å²) in [6.07, 6.45) is 3.61. The number of para-hydroxylation sites is 1. The van der Waals surface area contributed by atoms with Gasteiger partial charge in [-0.1, -0.05) is 6.07 Å². The fourth-order valence-corrected chi connectivity index (χ4v) is 4.93. The molecule has 3 aromatic rings. The molecule has 36 heavy (non-hydrogen) atoms. The minimum atomic E-state index is -0.743. The number of aromatic nitrogens is 3. The van der Waals surface area contributed by atoms with Gasteiger partial charge in [0.05, 0.1) is 37.3 Å². The molecule has 5 rings (SSSR count). The number of methoxy groups -OCH3 is 1. The van der Waals surface area contributed by atoms with Crippen LogP contribution in [0.15, 0.2) is 30.5 Å². The lowest BCUT2D eigenvalue weighted by Crippen LogP contribution is -2.35. The second-order valence-electron chi connectivity index (χ2n) is 8.65. The van der Waals surface area contributed by atoms with E-state index in [1.54, 1.807) is 24.5 Å². The number of morpholine rings is 1. The number of amides is 2. The summed E-state index contributed by atoms with van der Waals surface area (Å²) in [5.74, 6) is -0.0591. The summed E-state index contributed by atoms with van der Waals surface area (Å²) in [6, 6.07) is 7.17. The van der Waals surface area contributed by atoms with E-state index in [1.165, 1.54) is 0 Å². The van der Waals surface area contributed by atoms with Crippen LogP contribution in [0, 0.1) is 5.92 Å². The molecule has 2 fully saturated rings. The first kappa shape index (κ1) is 24.1. The van der Waals surface area contributed by atoms with Gasteiger partial charge in [-0.3, -0.25) is 14.5 Å². The van der Waals surface area contributed by atoms with Crippen LogP contribution in [0.5, 0.6) is 5.75 Å². The zero-order valence-corrected chi connectivity index (χ0v) is 20.6. The second kappa shape index (κ2) is 10.6. The maximum atomic E-state index is 12.2. The van der Waals surface area contributed by atoms with E-state index in [-0.39, 0.29) is 23.3 Å². The first-order chi connectivity index (χ1) is 17.5. The van der Waals surface area contributed by atoms with Crippen LogP contribution in [-0.4, -0.2) is 65.3 Å². The summed E-state index contributed by atoms with van der Waals surface area (Å²) >= 11 is 1.60. The van der Waals surface area contributed by atoms with Crippen LogP contribution in [0.2, 0.25) is 0 Å². The number of nitrogens with zero attached hydrogens (tertiary/aromatic N) is 4. The van der Waals surface area contributed by atoms with E-state index in [9.17, 15) is 9.59 Å². The van der Waals surface area contributed by atoms with E-state index in [4.69, 9.17) is 15.2 Å². The molecule has 1 aliphatic heterocycles. The largest absolute Gasteiger partial charge is 0.494 e. The van der Waals surface area contributed by atoms with Gasteiger partial charge in [0.1, 0.15) is 5.01 Å². The summed E-state index contributed by atoms with van der Waals surface area (Å²) < 4.78 is 11.2. The van der Waals surface area contributed by atoms with Gasteiger partial charge < -0.3 is 25.8 Å². The standard InChI is InChI=1S/C24H27N7O4S/c1-34-21-16(24-26-12-15(36-24)13-31-7-9-35-10-8-31)3-2-4-17(21)27-18-11-19(28-23(33)14-5-6-14)29-30-20(18)22(25)32/h2-4,11-12,14H,5-10,13H2,1H3,(H2,25,32)(H2,27,28,29,33). The van der Waals surface area contributed by atoms with Crippen molar-refractivity contribution in [2.45, 2.75) is 19.4 Å². The van der Waals surface area contributed by atoms with E-state index < -0.39 is 5.91 Å². The average Bonchev–Trinajstić information content (AvgIpc) is 3.64. The molecule has 2 amide bonds. The van der Waals surface area contributed by atoms with Crippen LogP contribution in [-0.2, 0) is 16.1 Å². The zero-order valence-electron chi connectivity index (χ0n) is 19.8. The molecule has 1 aliphatic carbocycles. The number of hydrogen-bond donors (Lipinski definition) is 3. The third-order valence-corrected chi connectivity index (χ3v) is 7.00. The Labute approximate surface area is 212 Å². The zero-order chi connectivity index (χ0) is 25.1.